The minimum atomic E-state index is 0.174. The third kappa shape index (κ3) is 2.69. The molecular weight excluding hydrogens is 290 g/mol. The number of rotatable bonds is 2. The van der Waals surface area contributed by atoms with E-state index in [2.05, 4.69) is 4.99 Å². The highest BCUT2D eigenvalue weighted by Crippen LogP contribution is 2.26. The number of para-hydroxylation sites is 1. The third-order valence-electron chi connectivity index (χ3n) is 2.96. The first-order valence-corrected chi connectivity index (χ1v) is 6.58. The van der Waals surface area contributed by atoms with Gasteiger partial charge in [-0.15, -0.1) is 0 Å². The van der Waals surface area contributed by atoms with Gasteiger partial charge < -0.3 is 10.2 Å². The summed E-state index contributed by atoms with van der Waals surface area (Å²) >= 11 is 5.91. The Hall–Kier alpha value is -2.50. The summed E-state index contributed by atoms with van der Waals surface area (Å²) < 4.78 is 5.64. The molecule has 1 heterocycles. The van der Waals surface area contributed by atoms with E-state index in [0.717, 1.165) is 5.39 Å². The average Bonchev–Trinajstić information content (AvgIpc) is 2.90. The fraction of sp³-hybridized carbons (Fsp3) is 0. The van der Waals surface area contributed by atoms with Gasteiger partial charge in [-0.1, -0.05) is 29.8 Å². The molecule has 0 aliphatic heterocycles. The topological polar surface area (TPSA) is 83.8 Å². The van der Waals surface area contributed by atoms with E-state index in [1.54, 1.807) is 36.4 Å². The predicted molar refractivity (Wildman–Crippen MR) is 83.2 cm³/mol. The molecule has 0 spiro atoms. The van der Waals surface area contributed by atoms with Gasteiger partial charge in [-0.05, 0) is 30.3 Å². The highest BCUT2D eigenvalue weighted by molar-refractivity contribution is 6.30. The molecule has 4 N–H and O–H groups in total. The molecule has 3 aromatic rings. The van der Waals surface area contributed by atoms with E-state index in [4.69, 9.17) is 21.8 Å². The minimum absolute atomic E-state index is 0.174. The Morgan fingerprint density at radius 1 is 1.19 bits per heavy atom. The van der Waals surface area contributed by atoms with Gasteiger partial charge in [0.15, 0.2) is 17.2 Å². The zero-order valence-corrected chi connectivity index (χ0v) is 11.6. The van der Waals surface area contributed by atoms with Crippen LogP contribution < -0.4 is 11.2 Å². The quantitative estimate of drug-likeness (QED) is 0.291. The van der Waals surface area contributed by atoms with Gasteiger partial charge in [0.05, 0.1) is 11.4 Å². The van der Waals surface area contributed by atoms with Crippen molar-refractivity contribution in [2.75, 3.05) is 5.73 Å². The van der Waals surface area contributed by atoms with E-state index >= 15 is 0 Å². The molecule has 0 fully saturated rings. The van der Waals surface area contributed by atoms with Crippen LogP contribution in [0, 0.1) is 0 Å². The molecule has 21 heavy (non-hydrogen) atoms. The lowest BCUT2D eigenvalue weighted by Crippen LogP contribution is -2.19. The maximum absolute atomic E-state index is 9.30. The van der Waals surface area contributed by atoms with E-state index in [0.29, 0.717) is 27.7 Å². The lowest BCUT2D eigenvalue weighted by molar-refractivity contribution is 0.233. The lowest BCUT2D eigenvalue weighted by Gasteiger charge is -2.01. The Bertz CT molecular complexity index is 827. The number of anilines is 1. The van der Waals surface area contributed by atoms with Crippen LogP contribution in [-0.2, 0) is 0 Å². The number of aliphatic imine (C=N–C) groups is 1. The van der Waals surface area contributed by atoms with E-state index in [1.807, 2.05) is 17.6 Å². The lowest BCUT2D eigenvalue weighted by atomic mass is 10.2. The number of furan rings is 1. The van der Waals surface area contributed by atoms with E-state index in [1.165, 1.54) is 0 Å². The second kappa shape index (κ2) is 5.47. The summed E-state index contributed by atoms with van der Waals surface area (Å²) in [6.07, 6.45) is 0. The maximum atomic E-state index is 9.30. The van der Waals surface area contributed by atoms with Gasteiger partial charge in [-0.25, -0.2) is 10.5 Å². The van der Waals surface area contributed by atoms with Crippen molar-refractivity contribution < 1.29 is 9.62 Å². The molecule has 5 nitrogen and oxygen atoms in total. The van der Waals surface area contributed by atoms with Gasteiger partial charge in [0.25, 0.3) is 0 Å². The number of benzene rings is 2. The summed E-state index contributed by atoms with van der Waals surface area (Å²) in [6.45, 7) is 0. The molecule has 106 valence electrons. The zero-order chi connectivity index (χ0) is 14.8. The Morgan fingerprint density at radius 3 is 2.71 bits per heavy atom. The number of amidine groups is 1. The van der Waals surface area contributed by atoms with Crippen molar-refractivity contribution in [3.05, 3.63) is 59.3 Å². The van der Waals surface area contributed by atoms with Crippen LogP contribution >= 0.6 is 11.6 Å². The normalized spacial score (nSPS) is 11.8. The molecule has 0 amide bonds. The van der Waals surface area contributed by atoms with Gasteiger partial charge in [0.2, 0.25) is 0 Å². The monoisotopic (exact) mass is 301 g/mol. The molecule has 3 rings (SSSR count). The molecule has 0 aliphatic rings. The Labute approximate surface area is 125 Å². The predicted octanol–water partition coefficient (Wildman–Crippen LogP) is 3.73. The second-order valence-electron chi connectivity index (χ2n) is 4.43. The first-order chi connectivity index (χ1) is 10.2. The van der Waals surface area contributed by atoms with Crippen molar-refractivity contribution in [1.29, 1.82) is 0 Å². The highest BCUT2D eigenvalue weighted by atomic mass is 35.5. The van der Waals surface area contributed by atoms with Gasteiger partial charge in [-0.3, -0.25) is 5.21 Å². The number of nitrogens with two attached hydrogens (primary N) is 1. The van der Waals surface area contributed by atoms with E-state index in [-0.39, 0.29) is 5.84 Å². The average molecular weight is 302 g/mol. The van der Waals surface area contributed by atoms with E-state index < -0.39 is 0 Å². The van der Waals surface area contributed by atoms with Gasteiger partial charge in [0, 0.05) is 10.4 Å². The fourth-order valence-electron chi connectivity index (χ4n) is 2.01. The number of nitrogen functional groups attached to an aromatic ring is 1. The summed E-state index contributed by atoms with van der Waals surface area (Å²) in [7, 11) is 0. The number of fused-ring (bicyclic) bond motifs is 1. The van der Waals surface area contributed by atoms with Crippen LogP contribution in [-0.4, -0.2) is 11.0 Å². The Morgan fingerprint density at radius 2 is 2.00 bits per heavy atom. The van der Waals surface area contributed by atoms with Crippen molar-refractivity contribution in [3.63, 3.8) is 0 Å². The van der Waals surface area contributed by atoms with Crippen LogP contribution in [0.2, 0.25) is 5.02 Å². The first-order valence-electron chi connectivity index (χ1n) is 6.20. The van der Waals surface area contributed by atoms with E-state index in [9.17, 15) is 5.21 Å². The van der Waals surface area contributed by atoms with Crippen molar-refractivity contribution in [2.24, 2.45) is 4.99 Å². The molecule has 2 aromatic carbocycles. The molecule has 0 unspecified atom stereocenters. The molecule has 0 bridgehead atoms. The maximum Gasteiger partial charge on any atom is 0.193 e. The van der Waals surface area contributed by atoms with Crippen LogP contribution in [0.3, 0.4) is 0 Å². The van der Waals surface area contributed by atoms with Crippen molar-refractivity contribution in [2.45, 2.75) is 0 Å². The fourth-order valence-corrected chi connectivity index (χ4v) is 2.20. The van der Waals surface area contributed by atoms with Crippen LogP contribution in [0.25, 0.3) is 11.0 Å². The number of nitrogens with one attached hydrogen (secondary N) is 1. The first kappa shape index (κ1) is 13.5. The number of nitrogens with zero attached hydrogens (tertiary/aromatic N) is 1. The number of hydrogen-bond acceptors (Lipinski definition) is 4. The summed E-state index contributed by atoms with van der Waals surface area (Å²) in [4.78, 5) is 4.27. The van der Waals surface area contributed by atoms with Crippen LogP contribution in [0.5, 0.6) is 0 Å². The van der Waals surface area contributed by atoms with Crippen LogP contribution in [0.4, 0.5) is 11.4 Å². The van der Waals surface area contributed by atoms with Crippen molar-refractivity contribution >= 4 is 39.8 Å². The molecule has 0 aliphatic carbocycles. The van der Waals surface area contributed by atoms with Crippen molar-refractivity contribution in [3.8, 4) is 0 Å². The van der Waals surface area contributed by atoms with Gasteiger partial charge in [0.1, 0.15) is 0 Å². The van der Waals surface area contributed by atoms with Crippen LogP contribution in [0.15, 0.2) is 57.9 Å². The third-order valence-corrected chi connectivity index (χ3v) is 3.20. The highest BCUT2D eigenvalue weighted by Gasteiger charge is 2.11. The van der Waals surface area contributed by atoms with Gasteiger partial charge in [-0.2, -0.15) is 0 Å². The summed E-state index contributed by atoms with van der Waals surface area (Å²) in [5.74, 6) is 0.554. The molecule has 0 radical (unpaired) electrons. The number of hydrogen-bond donors (Lipinski definition) is 3. The van der Waals surface area contributed by atoms with Crippen LogP contribution in [0.1, 0.15) is 5.76 Å². The molecule has 1 aromatic heterocycles. The van der Waals surface area contributed by atoms with Gasteiger partial charge >= 0.3 is 0 Å². The molecule has 0 saturated heterocycles. The summed E-state index contributed by atoms with van der Waals surface area (Å²) in [5.41, 5.74) is 9.56. The van der Waals surface area contributed by atoms with Crippen molar-refractivity contribution in [1.82, 2.24) is 5.48 Å². The SMILES string of the molecule is Nc1cccc2cc(C(=Nc3cccc(Cl)c3)NO)oc12. The second-order valence-corrected chi connectivity index (χ2v) is 4.86. The molecule has 0 atom stereocenters. The summed E-state index contributed by atoms with van der Waals surface area (Å²) in [6, 6.07) is 14.1. The molecule has 6 heteroatoms. The number of halogens is 1. The summed E-state index contributed by atoms with van der Waals surface area (Å²) in [5, 5.41) is 10.7. The molecule has 0 saturated carbocycles. The number of hydroxylamine groups is 1. The standard InChI is InChI=1S/C15H12ClN3O2/c16-10-4-2-5-11(8-10)18-15(19-20)13-7-9-3-1-6-12(17)14(9)21-13/h1-8,20H,17H2,(H,18,19). The Balaban J connectivity index is 2.07. The zero-order valence-electron chi connectivity index (χ0n) is 10.9. The minimum Gasteiger partial charge on any atom is -0.451 e. The largest absolute Gasteiger partial charge is 0.451 e. The Kier molecular flexibility index (Phi) is 3.51. The molecular formula is C15H12ClN3O2. The smallest absolute Gasteiger partial charge is 0.193 e.